The van der Waals surface area contributed by atoms with Gasteiger partial charge in [-0.15, -0.1) is 0 Å². The third-order valence-electron chi connectivity index (χ3n) is 5.86. The van der Waals surface area contributed by atoms with Gasteiger partial charge in [-0.2, -0.15) is 5.10 Å². The van der Waals surface area contributed by atoms with Crippen LogP contribution in [0.2, 0.25) is 0 Å². The molecule has 2 heterocycles. The third-order valence-corrected chi connectivity index (χ3v) is 5.86. The molecule has 0 fully saturated rings. The first kappa shape index (κ1) is 21.2. The molecule has 31 heavy (non-hydrogen) atoms. The molecule has 0 bridgehead atoms. The molecule has 1 aliphatic heterocycles. The summed E-state index contributed by atoms with van der Waals surface area (Å²) >= 11 is 0. The minimum Gasteiger partial charge on any atom is -0.335 e. The van der Waals surface area contributed by atoms with Gasteiger partial charge < -0.3 is 4.90 Å². The van der Waals surface area contributed by atoms with Gasteiger partial charge in [-0.1, -0.05) is 30.3 Å². The molecule has 3 aromatic rings. The molecule has 5 nitrogen and oxygen atoms in total. The standard InChI is InChI=1S/C25H29FN4O/c1-18(2)29(19(3)31)17-24-23-16-28(15-20-8-7-9-21(26)14-20)13-12-25(23)30(27-24)22-10-5-4-6-11-22/h4-11,14,18H,12-13,15-17H2,1-3H3. The van der Waals surface area contributed by atoms with E-state index in [1.807, 2.05) is 47.7 Å². The van der Waals surface area contributed by atoms with E-state index in [4.69, 9.17) is 5.10 Å². The Morgan fingerprint density at radius 2 is 1.94 bits per heavy atom. The average molecular weight is 421 g/mol. The van der Waals surface area contributed by atoms with E-state index < -0.39 is 0 Å². The van der Waals surface area contributed by atoms with Gasteiger partial charge in [-0.25, -0.2) is 9.07 Å². The maximum Gasteiger partial charge on any atom is 0.220 e. The predicted molar refractivity (Wildman–Crippen MR) is 119 cm³/mol. The van der Waals surface area contributed by atoms with Crippen molar-refractivity contribution in [1.29, 1.82) is 0 Å². The number of hydrogen-bond acceptors (Lipinski definition) is 3. The van der Waals surface area contributed by atoms with Crippen LogP contribution in [0.3, 0.4) is 0 Å². The maximum absolute atomic E-state index is 13.6. The molecule has 0 atom stereocenters. The topological polar surface area (TPSA) is 41.4 Å². The minimum atomic E-state index is -0.207. The molecule has 162 valence electrons. The van der Waals surface area contributed by atoms with Crippen LogP contribution in [-0.2, 0) is 30.8 Å². The van der Waals surface area contributed by atoms with Gasteiger partial charge in [-0.3, -0.25) is 9.69 Å². The van der Waals surface area contributed by atoms with Crippen LogP contribution in [0.25, 0.3) is 5.69 Å². The van der Waals surface area contributed by atoms with E-state index in [1.54, 1.807) is 19.1 Å². The highest BCUT2D eigenvalue weighted by Crippen LogP contribution is 2.27. The molecule has 0 N–H and O–H groups in total. The lowest BCUT2D eigenvalue weighted by molar-refractivity contribution is -0.131. The average Bonchev–Trinajstić information content (AvgIpc) is 3.10. The van der Waals surface area contributed by atoms with Crippen molar-refractivity contribution in [2.75, 3.05) is 6.54 Å². The van der Waals surface area contributed by atoms with Crippen molar-refractivity contribution in [3.63, 3.8) is 0 Å². The van der Waals surface area contributed by atoms with Crippen molar-refractivity contribution < 1.29 is 9.18 Å². The van der Waals surface area contributed by atoms with Gasteiger partial charge in [0.25, 0.3) is 0 Å². The van der Waals surface area contributed by atoms with Crippen molar-refractivity contribution >= 4 is 5.91 Å². The Labute approximate surface area is 183 Å². The molecule has 1 amide bonds. The van der Waals surface area contributed by atoms with Gasteiger partial charge in [0, 0.05) is 44.6 Å². The van der Waals surface area contributed by atoms with Crippen LogP contribution in [0.4, 0.5) is 4.39 Å². The molecule has 1 aliphatic rings. The molecule has 6 heteroatoms. The SMILES string of the molecule is CC(=O)N(Cc1nn(-c2ccccc2)c2c1CN(Cc1cccc(F)c1)CC2)C(C)C. The number of carbonyl (C=O) groups excluding carboxylic acids is 1. The van der Waals surface area contributed by atoms with E-state index in [2.05, 4.69) is 17.0 Å². The summed E-state index contributed by atoms with van der Waals surface area (Å²) in [4.78, 5) is 16.4. The number of hydrogen-bond donors (Lipinski definition) is 0. The number of rotatable bonds is 6. The Balaban J connectivity index is 1.67. The first-order valence-corrected chi connectivity index (χ1v) is 10.8. The van der Waals surface area contributed by atoms with Crippen LogP contribution in [0.1, 0.15) is 43.3 Å². The van der Waals surface area contributed by atoms with Crippen molar-refractivity contribution in [2.24, 2.45) is 0 Å². The fraction of sp³-hybridized carbons (Fsp3) is 0.360. The van der Waals surface area contributed by atoms with Crippen LogP contribution in [0.15, 0.2) is 54.6 Å². The zero-order valence-corrected chi connectivity index (χ0v) is 18.4. The number of para-hydroxylation sites is 1. The lowest BCUT2D eigenvalue weighted by Crippen LogP contribution is -2.36. The van der Waals surface area contributed by atoms with E-state index in [9.17, 15) is 9.18 Å². The molecule has 2 aromatic carbocycles. The van der Waals surface area contributed by atoms with Crippen LogP contribution in [0.5, 0.6) is 0 Å². The molecule has 0 unspecified atom stereocenters. The number of nitrogens with zero attached hydrogens (tertiary/aromatic N) is 4. The zero-order valence-electron chi connectivity index (χ0n) is 18.4. The zero-order chi connectivity index (χ0) is 22.0. The van der Waals surface area contributed by atoms with E-state index in [-0.39, 0.29) is 17.8 Å². The second kappa shape index (κ2) is 9.02. The van der Waals surface area contributed by atoms with E-state index in [0.717, 1.165) is 36.5 Å². The Kier molecular flexibility index (Phi) is 6.18. The monoisotopic (exact) mass is 420 g/mol. The van der Waals surface area contributed by atoms with Gasteiger partial charge in [0.05, 0.1) is 23.6 Å². The van der Waals surface area contributed by atoms with Gasteiger partial charge in [-0.05, 0) is 43.7 Å². The number of benzene rings is 2. The summed E-state index contributed by atoms with van der Waals surface area (Å²) in [7, 11) is 0. The summed E-state index contributed by atoms with van der Waals surface area (Å²) in [6.45, 7) is 8.45. The molecule has 0 aliphatic carbocycles. The van der Waals surface area contributed by atoms with Crippen LogP contribution >= 0.6 is 0 Å². The van der Waals surface area contributed by atoms with Crippen LogP contribution in [-0.4, -0.2) is 38.1 Å². The molecule has 0 saturated heterocycles. The van der Waals surface area contributed by atoms with Crippen molar-refractivity contribution in [3.8, 4) is 5.69 Å². The first-order chi connectivity index (χ1) is 14.9. The van der Waals surface area contributed by atoms with Crippen molar-refractivity contribution in [1.82, 2.24) is 19.6 Å². The van der Waals surface area contributed by atoms with Crippen LogP contribution in [0, 0.1) is 5.82 Å². The van der Waals surface area contributed by atoms with Gasteiger partial charge in [0.2, 0.25) is 5.91 Å². The highest BCUT2D eigenvalue weighted by atomic mass is 19.1. The van der Waals surface area contributed by atoms with E-state index in [1.165, 1.54) is 17.3 Å². The smallest absolute Gasteiger partial charge is 0.220 e. The van der Waals surface area contributed by atoms with Gasteiger partial charge in [0.15, 0.2) is 0 Å². The van der Waals surface area contributed by atoms with Crippen molar-refractivity contribution in [3.05, 3.63) is 82.9 Å². The predicted octanol–water partition coefficient (Wildman–Crippen LogP) is 4.33. The summed E-state index contributed by atoms with van der Waals surface area (Å²) in [5, 5.41) is 4.96. The number of aromatic nitrogens is 2. The molecule has 1 aromatic heterocycles. The molecule has 0 saturated carbocycles. The molecule has 0 spiro atoms. The molecular weight excluding hydrogens is 391 g/mol. The Morgan fingerprint density at radius 3 is 2.61 bits per heavy atom. The summed E-state index contributed by atoms with van der Waals surface area (Å²) in [5.74, 6) is -0.160. The Bertz CT molecular complexity index is 1060. The third kappa shape index (κ3) is 4.69. The lowest BCUT2D eigenvalue weighted by atomic mass is 10.0. The van der Waals surface area contributed by atoms with E-state index >= 15 is 0 Å². The van der Waals surface area contributed by atoms with Crippen molar-refractivity contribution in [2.45, 2.75) is 52.9 Å². The van der Waals surface area contributed by atoms with Gasteiger partial charge in [0.1, 0.15) is 5.82 Å². The second-order valence-electron chi connectivity index (χ2n) is 8.45. The number of amides is 1. The highest BCUT2D eigenvalue weighted by Gasteiger charge is 2.27. The fourth-order valence-corrected chi connectivity index (χ4v) is 4.30. The number of fused-ring (bicyclic) bond motifs is 1. The first-order valence-electron chi connectivity index (χ1n) is 10.8. The Hall–Kier alpha value is -2.99. The molecule has 0 radical (unpaired) electrons. The normalized spacial score (nSPS) is 14.0. The maximum atomic E-state index is 13.6. The fourth-order valence-electron chi connectivity index (χ4n) is 4.30. The minimum absolute atomic E-state index is 0.0467. The number of carbonyl (C=O) groups is 1. The Morgan fingerprint density at radius 1 is 1.16 bits per heavy atom. The largest absolute Gasteiger partial charge is 0.335 e. The lowest BCUT2D eigenvalue weighted by Gasteiger charge is -2.29. The second-order valence-corrected chi connectivity index (χ2v) is 8.45. The van der Waals surface area contributed by atoms with Gasteiger partial charge >= 0.3 is 0 Å². The van der Waals surface area contributed by atoms with E-state index in [0.29, 0.717) is 13.1 Å². The molecular formula is C25H29FN4O. The quantitative estimate of drug-likeness (QED) is 0.596. The number of halogens is 1. The summed E-state index contributed by atoms with van der Waals surface area (Å²) in [6, 6.07) is 17.0. The summed E-state index contributed by atoms with van der Waals surface area (Å²) in [6.07, 6.45) is 0.855. The summed E-state index contributed by atoms with van der Waals surface area (Å²) in [5.41, 5.74) is 5.31. The summed E-state index contributed by atoms with van der Waals surface area (Å²) < 4.78 is 15.7. The highest BCUT2D eigenvalue weighted by molar-refractivity contribution is 5.73. The molecule has 4 rings (SSSR count). The van der Waals surface area contributed by atoms with Crippen LogP contribution < -0.4 is 0 Å².